The van der Waals surface area contributed by atoms with Gasteiger partial charge in [-0.05, 0) is 30.0 Å². The molecule has 0 amide bonds. The summed E-state index contributed by atoms with van der Waals surface area (Å²) in [5.74, 6) is 0.597. The maximum Gasteiger partial charge on any atom is 0.276 e. The highest BCUT2D eigenvalue weighted by Gasteiger charge is 2.13. The molecule has 0 aliphatic rings. The number of benzene rings is 1. The third-order valence-corrected chi connectivity index (χ3v) is 5.37. The lowest BCUT2D eigenvalue weighted by molar-refractivity contribution is 1.09. The zero-order valence-corrected chi connectivity index (χ0v) is 13.3. The molecule has 4 nitrogen and oxygen atoms in total. The molecule has 3 heterocycles. The lowest BCUT2D eigenvalue weighted by Gasteiger charge is -1.94. The molecular formula is C16H11N3OS2. The van der Waals surface area contributed by atoms with E-state index in [0.717, 1.165) is 10.4 Å². The van der Waals surface area contributed by atoms with Crippen LogP contribution in [0.2, 0.25) is 0 Å². The lowest BCUT2D eigenvalue weighted by Crippen LogP contribution is -2.23. The Morgan fingerprint density at radius 2 is 1.95 bits per heavy atom. The predicted octanol–water partition coefficient (Wildman–Crippen LogP) is 2.74. The molecule has 4 rings (SSSR count). The van der Waals surface area contributed by atoms with Gasteiger partial charge in [0.25, 0.3) is 5.56 Å². The van der Waals surface area contributed by atoms with Crippen molar-refractivity contribution >= 4 is 33.7 Å². The number of nitrogens with zero attached hydrogens (tertiary/aromatic N) is 3. The van der Waals surface area contributed by atoms with Gasteiger partial charge in [-0.3, -0.25) is 4.79 Å². The second kappa shape index (κ2) is 5.15. The van der Waals surface area contributed by atoms with Gasteiger partial charge in [0.1, 0.15) is 0 Å². The Morgan fingerprint density at radius 1 is 1.14 bits per heavy atom. The van der Waals surface area contributed by atoms with Gasteiger partial charge in [0.15, 0.2) is 5.82 Å². The summed E-state index contributed by atoms with van der Waals surface area (Å²) in [5.41, 5.74) is 2.01. The number of hydrogen-bond acceptors (Lipinski definition) is 5. The summed E-state index contributed by atoms with van der Waals surface area (Å²) in [7, 11) is 0. The van der Waals surface area contributed by atoms with Crippen molar-refractivity contribution < 1.29 is 0 Å². The second-order valence-corrected chi connectivity index (χ2v) is 6.85. The van der Waals surface area contributed by atoms with Crippen LogP contribution in [-0.4, -0.2) is 14.6 Å². The molecule has 0 spiro atoms. The predicted molar refractivity (Wildman–Crippen MR) is 90.4 cm³/mol. The summed E-state index contributed by atoms with van der Waals surface area (Å²) in [6.07, 6.45) is 1.94. The molecule has 0 radical (unpaired) electrons. The van der Waals surface area contributed by atoms with Crippen LogP contribution >= 0.6 is 22.7 Å². The first kappa shape index (κ1) is 13.4. The first-order chi connectivity index (χ1) is 10.7. The molecule has 0 aliphatic heterocycles. The van der Waals surface area contributed by atoms with Gasteiger partial charge < -0.3 is 0 Å². The minimum absolute atomic E-state index is 0.0587. The Balaban J connectivity index is 1.97. The molecular weight excluding hydrogens is 314 g/mol. The summed E-state index contributed by atoms with van der Waals surface area (Å²) in [4.78, 5) is 14.4. The van der Waals surface area contributed by atoms with Crippen molar-refractivity contribution in [1.82, 2.24) is 14.6 Å². The Labute approximate surface area is 134 Å². The van der Waals surface area contributed by atoms with Crippen molar-refractivity contribution in [3.8, 4) is 11.4 Å². The number of hydrogen-bond donors (Lipinski definition) is 0. The minimum atomic E-state index is -0.0587. The highest BCUT2D eigenvalue weighted by Crippen LogP contribution is 2.18. The van der Waals surface area contributed by atoms with E-state index in [1.807, 2.05) is 48.7 Å². The SMILES string of the molecule is Cc1ccsc1C=c1sc2nnc(-c3ccccc3)n2c1=O. The van der Waals surface area contributed by atoms with Gasteiger partial charge >= 0.3 is 0 Å². The first-order valence-corrected chi connectivity index (χ1v) is 8.43. The largest absolute Gasteiger partial charge is 0.276 e. The van der Waals surface area contributed by atoms with Crippen LogP contribution in [0.3, 0.4) is 0 Å². The van der Waals surface area contributed by atoms with Gasteiger partial charge in [-0.25, -0.2) is 4.40 Å². The van der Waals surface area contributed by atoms with Gasteiger partial charge in [-0.1, -0.05) is 41.7 Å². The molecule has 3 aromatic heterocycles. The topological polar surface area (TPSA) is 47.3 Å². The molecule has 1 aromatic carbocycles. The van der Waals surface area contributed by atoms with Gasteiger partial charge in [-0.2, -0.15) is 0 Å². The van der Waals surface area contributed by atoms with Crippen LogP contribution in [0.5, 0.6) is 0 Å². The summed E-state index contributed by atoms with van der Waals surface area (Å²) >= 11 is 3.01. The third kappa shape index (κ3) is 2.08. The average Bonchev–Trinajstić information content (AvgIpc) is 3.20. The van der Waals surface area contributed by atoms with Crippen molar-refractivity contribution in [2.75, 3.05) is 0 Å². The number of thiophene rings is 1. The molecule has 0 unspecified atom stereocenters. The summed E-state index contributed by atoms with van der Waals surface area (Å²) in [5, 5.41) is 10.3. The fourth-order valence-corrected chi connectivity index (χ4v) is 4.12. The molecule has 4 aromatic rings. The molecule has 22 heavy (non-hydrogen) atoms. The molecule has 0 bridgehead atoms. The van der Waals surface area contributed by atoms with Crippen molar-refractivity contribution in [2.45, 2.75) is 6.92 Å². The van der Waals surface area contributed by atoms with Crippen molar-refractivity contribution in [2.24, 2.45) is 0 Å². The maximum atomic E-state index is 12.7. The molecule has 0 saturated heterocycles. The van der Waals surface area contributed by atoms with E-state index < -0.39 is 0 Å². The number of fused-ring (bicyclic) bond motifs is 1. The van der Waals surface area contributed by atoms with E-state index in [-0.39, 0.29) is 5.56 Å². The highest BCUT2D eigenvalue weighted by atomic mass is 32.1. The fourth-order valence-electron chi connectivity index (χ4n) is 2.29. The molecule has 0 aliphatic carbocycles. The van der Waals surface area contributed by atoms with E-state index in [9.17, 15) is 4.79 Å². The quantitative estimate of drug-likeness (QED) is 0.569. The van der Waals surface area contributed by atoms with Gasteiger partial charge in [-0.15, -0.1) is 21.5 Å². The van der Waals surface area contributed by atoms with E-state index >= 15 is 0 Å². The number of aryl methyl sites for hydroxylation is 1. The van der Waals surface area contributed by atoms with Crippen LogP contribution < -0.4 is 10.1 Å². The summed E-state index contributed by atoms with van der Waals surface area (Å²) in [6, 6.07) is 11.7. The van der Waals surface area contributed by atoms with E-state index in [1.54, 1.807) is 15.7 Å². The molecule has 6 heteroatoms. The normalized spacial score (nSPS) is 12.3. The molecule has 0 atom stereocenters. The summed E-state index contributed by atoms with van der Waals surface area (Å²) in [6.45, 7) is 2.04. The van der Waals surface area contributed by atoms with E-state index in [2.05, 4.69) is 16.3 Å². The molecule has 0 fully saturated rings. The first-order valence-electron chi connectivity index (χ1n) is 6.73. The van der Waals surface area contributed by atoms with E-state index in [1.165, 1.54) is 16.9 Å². The minimum Gasteiger partial charge on any atom is -0.267 e. The van der Waals surface area contributed by atoms with Crippen LogP contribution in [0.15, 0.2) is 46.6 Å². The van der Waals surface area contributed by atoms with Crippen LogP contribution in [0.25, 0.3) is 22.4 Å². The van der Waals surface area contributed by atoms with Crippen LogP contribution in [-0.2, 0) is 0 Å². The van der Waals surface area contributed by atoms with Crippen LogP contribution in [0.4, 0.5) is 0 Å². The van der Waals surface area contributed by atoms with Crippen LogP contribution in [0, 0.1) is 6.92 Å². The smallest absolute Gasteiger partial charge is 0.267 e. The Morgan fingerprint density at radius 3 is 2.68 bits per heavy atom. The maximum absolute atomic E-state index is 12.7. The number of thiazole rings is 1. The molecule has 0 saturated carbocycles. The highest BCUT2D eigenvalue weighted by molar-refractivity contribution is 7.15. The van der Waals surface area contributed by atoms with Crippen molar-refractivity contribution in [1.29, 1.82) is 0 Å². The van der Waals surface area contributed by atoms with Crippen LogP contribution in [0.1, 0.15) is 10.4 Å². The molecule has 108 valence electrons. The second-order valence-electron chi connectivity index (χ2n) is 4.89. The zero-order chi connectivity index (χ0) is 15.1. The van der Waals surface area contributed by atoms with E-state index in [0.29, 0.717) is 15.3 Å². The third-order valence-electron chi connectivity index (χ3n) is 3.44. The summed E-state index contributed by atoms with van der Waals surface area (Å²) < 4.78 is 2.28. The zero-order valence-electron chi connectivity index (χ0n) is 11.7. The van der Waals surface area contributed by atoms with E-state index in [4.69, 9.17) is 0 Å². The Kier molecular flexibility index (Phi) is 3.13. The fraction of sp³-hybridized carbons (Fsp3) is 0.0625. The van der Waals surface area contributed by atoms with Gasteiger partial charge in [0.2, 0.25) is 4.96 Å². The monoisotopic (exact) mass is 325 g/mol. The van der Waals surface area contributed by atoms with Gasteiger partial charge in [0, 0.05) is 10.4 Å². The van der Waals surface area contributed by atoms with Crippen molar-refractivity contribution in [3.63, 3.8) is 0 Å². The Bertz CT molecular complexity index is 1060. The number of rotatable bonds is 2. The number of aromatic nitrogens is 3. The van der Waals surface area contributed by atoms with Gasteiger partial charge in [0.05, 0.1) is 4.53 Å². The lowest BCUT2D eigenvalue weighted by atomic mass is 10.2. The van der Waals surface area contributed by atoms with Crippen molar-refractivity contribution in [3.05, 3.63) is 67.1 Å². The molecule has 0 N–H and O–H groups in total. The Hall–Kier alpha value is -2.31. The average molecular weight is 325 g/mol. The standard InChI is InChI=1S/C16H11N3OS2/c1-10-7-8-21-12(10)9-13-15(20)19-14(17-18-16(19)22-13)11-5-3-2-4-6-11/h2-9H,1H3.